The van der Waals surface area contributed by atoms with E-state index in [2.05, 4.69) is 0 Å². The molecule has 0 aliphatic heterocycles. The van der Waals surface area contributed by atoms with E-state index in [0.29, 0.717) is 0 Å². The van der Waals surface area contributed by atoms with Crippen molar-refractivity contribution >= 4 is 33.0 Å². The van der Waals surface area contributed by atoms with Gasteiger partial charge in [-0.3, -0.25) is 5.11 Å². The van der Waals surface area contributed by atoms with E-state index in [4.69, 9.17) is 23.2 Å². The Kier molecular flexibility index (Phi) is 3.62. The minimum absolute atomic E-state index is 0.0763. The van der Waals surface area contributed by atoms with Crippen LogP contribution in [-0.2, 0) is 14.9 Å². The van der Waals surface area contributed by atoms with E-state index in [1.54, 1.807) is 0 Å². The van der Waals surface area contributed by atoms with Crippen LogP contribution in [0.2, 0.25) is 10.0 Å². The van der Waals surface area contributed by atoms with E-state index in [9.17, 15) is 18.6 Å². The molecule has 2 aromatic carbocycles. The number of benzene rings is 2. The minimum Gasteiger partial charge on any atom is -0.506 e. The molecule has 4 nitrogen and oxygen atoms in total. The third kappa shape index (κ3) is 2.63. The highest BCUT2D eigenvalue weighted by Crippen LogP contribution is 2.32. The van der Waals surface area contributed by atoms with Crippen molar-refractivity contribution in [2.24, 2.45) is 0 Å². The van der Waals surface area contributed by atoms with Gasteiger partial charge < -0.3 is 5.11 Å². The summed E-state index contributed by atoms with van der Waals surface area (Å²) in [6.45, 7) is 0. The number of sulfone groups is 1. The van der Waals surface area contributed by atoms with Gasteiger partial charge in [0.1, 0.15) is 5.75 Å². The van der Waals surface area contributed by atoms with Gasteiger partial charge in [-0.2, -0.15) is 0 Å². The second-order valence-corrected chi connectivity index (χ2v) is 6.47. The van der Waals surface area contributed by atoms with Crippen LogP contribution in [-0.4, -0.2) is 13.5 Å². The van der Waals surface area contributed by atoms with Crippen molar-refractivity contribution < 1.29 is 18.6 Å². The molecule has 2 rings (SSSR count). The normalized spacial score (nSPS) is 11.5. The van der Waals surface area contributed by atoms with Crippen molar-refractivity contribution in [1.82, 2.24) is 0 Å². The van der Waals surface area contributed by atoms with Gasteiger partial charge in [0.2, 0.25) is 9.84 Å². The summed E-state index contributed by atoms with van der Waals surface area (Å²) in [6, 6.07) is 6.86. The van der Waals surface area contributed by atoms with Crippen molar-refractivity contribution in [1.29, 1.82) is 0 Å². The predicted molar refractivity (Wildman–Crippen MR) is 70.2 cm³/mol. The monoisotopic (exact) mass is 317 g/mol. The molecular formula is C12H7Cl2O4S. The molecule has 0 saturated heterocycles. The Morgan fingerprint density at radius 1 is 0.895 bits per heavy atom. The first-order valence-corrected chi connectivity index (χ1v) is 7.26. The summed E-state index contributed by atoms with van der Waals surface area (Å²) in [6.07, 6.45) is 0. The number of hydrogen-bond donors (Lipinski definition) is 1. The van der Waals surface area contributed by atoms with E-state index in [0.717, 1.165) is 18.2 Å². The van der Waals surface area contributed by atoms with Gasteiger partial charge in [0.25, 0.3) is 0 Å². The topological polar surface area (TPSA) is 74.3 Å². The minimum atomic E-state index is -3.84. The Labute approximate surface area is 119 Å². The van der Waals surface area contributed by atoms with Crippen LogP contribution in [0.3, 0.4) is 0 Å². The number of rotatable bonds is 2. The molecule has 0 atom stereocenters. The van der Waals surface area contributed by atoms with Crippen molar-refractivity contribution in [2.45, 2.75) is 9.79 Å². The van der Waals surface area contributed by atoms with Crippen LogP contribution in [0, 0.1) is 0 Å². The van der Waals surface area contributed by atoms with Crippen LogP contribution in [0.4, 0.5) is 0 Å². The SMILES string of the molecule is [O]c1ccc(S(=O)(=O)c2ccc(O)c(Cl)c2)cc1Cl. The Morgan fingerprint density at radius 3 is 1.95 bits per heavy atom. The van der Waals surface area contributed by atoms with Crippen LogP contribution in [0.5, 0.6) is 11.5 Å². The van der Waals surface area contributed by atoms with E-state index in [-0.39, 0.29) is 25.6 Å². The lowest BCUT2D eigenvalue weighted by atomic mass is 10.3. The van der Waals surface area contributed by atoms with Gasteiger partial charge in [0, 0.05) is 0 Å². The molecule has 0 unspecified atom stereocenters. The molecule has 0 fully saturated rings. The van der Waals surface area contributed by atoms with Crippen LogP contribution in [0.1, 0.15) is 0 Å². The van der Waals surface area contributed by atoms with Gasteiger partial charge >= 0.3 is 0 Å². The second kappa shape index (κ2) is 4.92. The third-order valence-corrected chi connectivity index (χ3v) is 4.79. The van der Waals surface area contributed by atoms with Crippen molar-refractivity contribution in [2.75, 3.05) is 0 Å². The molecule has 0 aliphatic carbocycles. The lowest BCUT2D eigenvalue weighted by Gasteiger charge is -2.06. The summed E-state index contributed by atoms with van der Waals surface area (Å²) in [7, 11) is -3.84. The maximum absolute atomic E-state index is 12.3. The van der Waals surface area contributed by atoms with Crippen LogP contribution in [0.25, 0.3) is 0 Å². The molecule has 0 heterocycles. The van der Waals surface area contributed by atoms with Crippen LogP contribution >= 0.6 is 23.2 Å². The molecule has 19 heavy (non-hydrogen) atoms. The van der Waals surface area contributed by atoms with E-state index in [1.807, 2.05) is 0 Å². The lowest BCUT2D eigenvalue weighted by Crippen LogP contribution is -2.01. The number of hydrogen-bond acceptors (Lipinski definition) is 3. The van der Waals surface area contributed by atoms with Gasteiger partial charge in [-0.05, 0) is 36.4 Å². The Morgan fingerprint density at radius 2 is 1.42 bits per heavy atom. The molecule has 1 radical (unpaired) electrons. The summed E-state index contributed by atoms with van der Waals surface area (Å²) >= 11 is 11.3. The van der Waals surface area contributed by atoms with Crippen LogP contribution < -0.4 is 0 Å². The smallest absolute Gasteiger partial charge is 0.206 e. The van der Waals surface area contributed by atoms with Gasteiger partial charge in [-0.25, -0.2) is 8.42 Å². The number of phenols is 1. The maximum atomic E-state index is 12.3. The molecule has 0 aliphatic rings. The summed E-state index contributed by atoms with van der Waals surface area (Å²) < 4.78 is 24.5. The highest BCUT2D eigenvalue weighted by Gasteiger charge is 2.20. The first-order valence-electron chi connectivity index (χ1n) is 5.02. The highest BCUT2D eigenvalue weighted by molar-refractivity contribution is 7.91. The zero-order valence-electron chi connectivity index (χ0n) is 9.30. The molecule has 0 amide bonds. The molecule has 0 bridgehead atoms. The average Bonchev–Trinajstić information content (AvgIpc) is 2.35. The zero-order chi connectivity index (χ0) is 14.2. The molecule has 1 N–H and O–H groups in total. The Bertz CT molecular complexity index is 684. The molecule has 0 saturated carbocycles. The molecule has 99 valence electrons. The summed E-state index contributed by atoms with van der Waals surface area (Å²) in [5.74, 6) is -0.669. The first-order chi connectivity index (χ1) is 8.82. The molecule has 0 aromatic heterocycles. The van der Waals surface area contributed by atoms with Crippen molar-refractivity contribution in [3.63, 3.8) is 0 Å². The second-order valence-electron chi connectivity index (χ2n) is 3.71. The van der Waals surface area contributed by atoms with Crippen LogP contribution in [0.15, 0.2) is 46.2 Å². The van der Waals surface area contributed by atoms with Gasteiger partial charge in [-0.1, -0.05) is 23.2 Å². The Balaban J connectivity index is 2.58. The number of phenolic OH excluding ortho intramolecular Hbond substituents is 1. The summed E-state index contributed by atoms with van der Waals surface area (Å²) in [4.78, 5) is -0.205. The number of aromatic hydroxyl groups is 1. The van der Waals surface area contributed by atoms with Gasteiger partial charge in [0.15, 0.2) is 5.75 Å². The molecular weight excluding hydrogens is 311 g/mol. The standard InChI is InChI=1S/C12H7Cl2O4S/c13-9-5-7(1-3-11(9)15)19(17,18)8-2-4-12(16)10(14)6-8/h1-6,15H. The fourth-order valence-corrected chi connectivity index (χ4v) is 3.24. The van der Waals surface area contributed by atoms with E-state index >= 15 is 0 Å². The fraction of sp³-hybridized carbons (Fsp3) is 0. The largest absolute Gasteiger partial charge is 0.506 e. The first kappa shape index (κ1) is 14.0. The molecule has 0 spiro atoms. The quantitative estimate of drug-likeness (QED) is 0.918. The van der Waals surface area contributed by atoms with E-state index < -0.39 is 15.6 Å². The van der Waals surface area contributed by atoms with E-state index in [1.165, 1.54) is 18.2 Å². The van der Waals surface area contributed by atoms with Crippen molar-refractivity contribution in [3.05, 3.63) is 46.4 Å². The fourth-order valence-electron chi connectivity index (χ4n) is 1.44. The van der Waals surface area contributed by atoms with Gasteiger partial charge in [-0.15, -0.1) is 0 Å². The third-order valence-electron chi connectivity index (χ3n) is 2.44. The average molecular weight is 318 g/mol. The van der Waals surface area contributed by atoms with Crippen molar-refractivity contribution in [3.8, 4) is 11.5 Å². The zero-order valence-corrected chi connectivity index (χ0v) is 11.6. The summed E-state index contributed by atoms with van der Waals surface area (Å²) in [5.41, 5.74) is 0. The summed E-state index contributed by atoms with van der Waals surface area (Å²) in [5, 5.41) is 20.2. The molecule has 7 heteroatoms. The molecule has 2 aromatic rings. The number of halogens is 2. The Hall–Kier alpha value is -1.43. The predicted octanol–water partition coefficient (Wildman–Crippen LogP) is 3.68. The highest BCUT2D eigenvalue weighted by atomic mass is 35.5. The maximum Gasteiger partial charge on any atom is 0.206 e. The van der Waals surface area contributed by atoms with Gasteiger partial charge in [0.05, 0.1) is 19.8 Å². The lowest BCUT2D eigenvalue weighted by molar-refractivity contribution is 0.355.